The van der Waals surface area contributed by atoms with Crippen LogP contribution in [0.5, 0.6) is 0 Å². The van der Waals surface area contributed by atoms with Gasteiger partial charge in [0.1, 0.15) is 0 Å². The molecule has 42 heavy (non-hydrogen) atoms. The first-order valence-corrected chi connectivity index (χ1v) is 13.9. The number of halogens is 6. The summed E-state index contributed by atoms with van der Waals surface area (Å²) in [6.45, 7) is 4.22. The molecule has 0 spiro atoms. The summed E-state index contributed by atoms with van der Waals surface area (Å²) in [6, 6.07) is 9.72. The van der Waals surface area contributed by atoms with Gasteiger partial charge in [-0.05, 0) is 55.0 Å². The van der Waals surface area contributed by atoms with E-state index in [1.165, 1.54) is 12.1 Å². The monoisotopic (exact) mass is 600 g/mol. The van der Waals surface area contributed by atoms with Crippen LogP contribution in [-0.4, -0.2) is 71.9 Å². The van der Waals surface area contributed by atoms with E-state index in [1.807, 2.05) is 6.92 Å². The molecule has 2 aromatic rings. The van der Waals surface area contributed by atoms with Crippen LogP contribution in [0.15, 0.2) is 48.5 Å². The van der Waals surface area contributed by atoms with Crippen molar-refractivity contribution in [3.8, 4) is 0 Å². The quantitative estimate of drug-likeness (QED) is 0.317. The molecule has 0 radical (unpaired) electrons. The van der Waals surface area contributed by atoms with Crippen LogP contribution < -0.4 is 10.6 Å². The van der Waals surface area contributed by atoms with Crippen molar-refractivity contribution in [3.63, 3.8) is 0 Å². The molecule has 1 aliphatic carbocycles. The van der Waals surface area contributed by atoms with Gasteiger partial charge in [-0.1, -0.05) is 37.6 Å². The first-order chi connectivity index (χ1) is 19.7. The molecule has 3 N–H and O–H groups in total. The normalized spacial score (nSPS) is 17.6. The van der Waals surface area contributed by atoms with Crippen molar-refractivity contribution in [2.24, 2.45) is 5.92 Å². The topological polar surface area (TPSA) is 84.9 Å². The van der Waals surface area contributed by atoms with Gasteiger partial charge < -0.3 is 20.6 Å². The predicted octanol–water partition coefficient (Wildman–Crippen LogP) is 5.83. The summed E-state index contributed by atoms with van der Waals surface area (Å²) in [7, 11) is 0. The van der Waals surface area contributed by atoms with Crippen LogP contribution in [0.2, 0.25) is 0 Å². The van der Waals surface area contributed by atoms with Gasteiger partial charge in [0.15, 0.2) is 0 Å². The second-order valence-corrected chi connectivity index (χ2v) is 10.8. The summed E-state index contributed by atoms with van der Waals surface area (Å²) >= 11 is 0. The number of hydrogen-bond acceptors (Lipinski definition) is 4. The second-order valence-electron chi connectivity index (χ2n) is 10.8. The van der Waals surface area contributed by atoms with Crippen molar-refractivity contribution < 1.29 is 41.0 Å². The molecule has 2 aliphatic rings. The van der Waals surface area contributed by atoms with Crippen molar-refractivity contribution in [1.29, 1.82) is 0 Å². The van der Waals surface area contributed by atoms with Crippen LogP contribution in [0, 0.1) is 5.92 Å². The standard InChI is InChI=1S/C29H34F6N4O3/c1-2-3-24(20-6-10-22(11-7-20)27(42,28(30,31)32)29(33,34)35)38-14-16-39(17-15-38)25(40)21-8-12-23(13-9-21)37-26(41)36-18-19-4-5-19/h6-13,19,24,42H,2-5,14-18H2,1H3,(H2,36,37,41). The molecule has 1 heterocycles. The lowest BCUT2D eigenvalue weighted by Gasteiger charge is -2.40. The zero-order valence-electron chi connectivity index (χ0n) is 23.1. The fourth-order valence-corrected chi connectivity index (χ4v) is 5.12. The molecule has 230 valence electrons. The van der Waals surface area contributed by atoms with Crippen molar-refractivity contribution >= 4 is 17.6 Å². The lowest BCUT2D eigenvalue weighted by Crippen LogP contribution is -2.53. The zero-order chi connectivity index (χ0) is 30.7. The number of alkyl halides is 6. The highest BCUT2D eigenvalue weighted by Crippen LogP contribution is 2.50. The molecule has 1 saturated heterocycles. The SMILES string of the molecule is CCCC(c1ccc(C(O)(C(F)(F)F)C(F)(F)F)cc1)N1CCN(C(=O)c2ccc(NC(=O)NCC3CC3)cc2)CC1. The van der Waals surface area contributed by atoms with Gasteiger partial charge >= 0.3 is 18.4 Å². The van der Waals surface area contributed by atoms with Crippen LogP contribution in [0.4, 0.5) is 36.8 Å². The molecular weight excluding hydrogens is 566 g/mol. The minimum absolute atomic E-state index is 0.186. The van der Waals surface area contributed by atoms with E-state index in [0.29, 0.717) is 80.4 Å². The van der Waals surface area contributed by atoms with Crippen LogP contribution >= 0.6 is 0 Å². The van der Waals surface area contributed by atoms with Gasteiger partial charge in [-0.2, -0.15) is 26.3 Å². The Labute approximate surface area is 239 Å². The number of benzene rings is 2. The number of carbonyl (C=O) groups excluding carboxylic acids is 2. The average Bonchev–Trinajstić information content (AvgIpc) is 3.78. The molecule has 1 atom stereocenters. The van der Waals surface area contributed by atoms with Crippen LogP contribution in [0.1, 0.15) is 60.1 Å². The maximum atomic E-state index is 13.3. The smallest absolute Gasteiger partial charge is 0.369 e. The summed E-state index contributed by atoms with van der Waals surface area (Å²) in [4.78, 5) is 28.8. The first kappa shape index (κ1) is 31.6. The first-order valence-electron chi connectivity index (χ1n) is 13.9. The van der Waals surface area contributed by atoms with Crippen molar-refractivity contribution in [2.45, 2.75) is 56.6 Å². The highest BCUT2D eigenvalue weighted by atomic mass is 19.4. The number of nitrogens with zero attached hydrogens (tertiary/aromatic N) is 2. The lowest BCUT2D eigenvalue weighted by atomic mass is 9.90. The molecule has 2 fully saturated rings. The minimum atomic E-state index is -5.94. The summed E-state index contributed by atoms with van der Waals surface area (Å²) in [5, 5.41) is 15.2. The van der Waals surface area contributed by atoms with Gasteiger partial charge in [0.05, 0.1) is 0 Å². The van der Waals surface area contributed by atoms with Crippen LogP contribution in [0.3, 0.4) is 0 Å². The fraction of sp³-hybridized carbons (Fsp3) is 0.517. The van der Waals surface area contributed by atoms with Crippen molar-refractivity contribution in [2.75, 3.05) is 38.0 Å². The molecule has 0 bridgehead atoms. The Kier molecular flexibility index (Phi) is 9.41. The Morgan fingerprint density at radius 1 is 0.905 bits per heavy atom. The zero-order valence-corrected chi connectivity index (χ0v) is 23.1. The maximum Gasteiger partial charge on any atom is 0.430 e. The third-order valence-electron chi connectivity index (χ3n) is 7.78. The summed E-state index contributed by atoms with van der Waals surface area (Å²) in [5.74, 6) is 0.367. The van der Waals surface area contributed by atoms with E-state index < -0.39 is 23.5 Å². The third kappa shape index (κ3) is 7.00. The van der Waals surface area contributed by atoms with E-state index in [1.54, 1.807) is 29.2 Å². The molecule has 7 nitrogen and oxygen atoms in total. The number of urea groups is 1. The van der Waals surface area contributed by atoms with Gasteiger partial charge in [-0.25, -0.2) is 4.79 Å². The van der Waals surface area contributed by atoms with Gasteiger partial charge in [-0.15, -0.1) is 0 Å². The lowest BCUT2D eigenvalue weighted by molar-refractivity contribution is -0.376. The van der Waals surface area contributed by atoms with Gasteiger partial charge in [0, 0.05) is 55.6 Å². The number of rotatable bonds is 9. The van der Waals surface area contributed by atoms with Gasteiger partial charge in [0.25, 0.3) is 11.5 Å². The molecule has 1 aliphatic heterocycles. The molecule has 13 heteroatoms. The van der Waals surface area contributed by atoms with E-state index in [2.05, 4.69) is 15.5 Å². The number of aliphatic hydroxyl groups is 1. The van der Waals surface area contributed by atoms with Gasteiger partial charge in [-0.3, -0.25) is 9.69 Å². The number of piperazine rings is 1. The van der Waals surface area contributed by atoms with E-state index in [9.17, 15) is 41.0 Å². The molecular formula is C29H34F6N4O3. The highest BCUT2D eigenvalue weighted by molar-refractivity contribution is 5.95. The molecule has 1 saturated carbocycles. The molecule has 1 unspecified atom stereocenters. The molecule has 4 rings (SSSR count). The number of anilines is 1. The number of hydrogen-bond donors (Lipinski definition) is 3. The summed E-state index contributed by atoms with van der Waals surface area (Å²) < 4.78 is 79.7. The summed E-state index contributed by atoms with van der Waals surface area (Å²) in [5.41, 5.74) is -4.73. The Balaban J connectivity index is 1.37. The molecule has 2 aromatic carbocycles. The van der Waals surface area contributed by atoms with Crippen molar-refractivity contribution in [1.82, 2.24) is 15.1 Å². The van der Waals surface area contributed by atoms with E-state index in [0.717, 1.165) is 12.8 Å². The average molecular weight is 601 g/mol. The largest absolute Gasteiger partial charge is 0.430 e. The Morgan fingerprint density at radius 2 is 1.48 bits per heavy atom. The van der Waals surface area contributed by atoms with Gasteiger partial charge in [0.2, 0.25) is 0 Å². The maximum absolute atomic E-state index is 13.3. The Morgan fingerprint density at radius 3 is 1.98 bits per heavy atom. The Bertz CT molecular complexity index is 1210. The molecule has 0 aromatic heterocycles. The second kappa shape index (κ2) is 12.5. The van der Waals surface area contributed by atoms with Crippen molar-refractivity contribution in [3.05, 3.63) is 65.2 Å². The Hall–Kier alpha value is -3.32. The minimum Gasteiger partial charge on any atom is -0.369 e. The number of amides is 3. The predicted molar refractivity (Wildman–Crippen MR) is 144 cm³/mol. The number of carbonyl (C=O) groups is 2. The van der Waals surface area contributed by atoms with E-state index in [4.69, 9.17) is 0 Å². The highest BCUT2D eigenvalue weighted by Gasteiger charge is 2.71. The third-order valence-corrected chi connectivity index (χ3v) is 7.78. The van der Waals surface area contributed by atoms with E-state index >= 15 is 0 Å². The van der Waals surface area contributed by atoms with Crippen LogP contribution in [0.25, 0.3) is 0 Å². The number of nitrogens with one attached hydrogen (secondary N) is 2. The van der Waals surface area contributed by atoms with Crippen LogP contribution in [-0.2, 0) is 5.60 Å². The van der Waals surface area contributed by atoms with E-state index in [-0.39, 0.29) is 18.0 Å². The fourth-order valence-electron chi connectivity index (χ4n) is 5.12. The summed E-state index contributed by atoms with van der Waals surface area (Å²) in [6.07, 6.45) is -8.34. The molecule has 3 amide bonds.